The maximum Gasteiger partial charge on any atom is 0.146 e. The van der Waals surface area contributed by atoms with E-state index in [0.717, 1.165) is 11.6 Å². The zero-order chi connectivity index (χ0) is 10.7. The van der Waals surface area contributed by atoms with E-state index < -0.39 is 0 Å². The highest BCUT2D eigenvalue weighted by Crippen LogP contribution is 2.12. The topological polar surface area (TPSA) is 55.9 Å². The second kappa shape index (κ2) is 4.27. The van der Waals surface area contributed by atoms with Gasteiger partial charge in [-0.1, -0.05) is 0 Å². The maximum absolute atomic E-state index is 5.29. The lowest BCUT2D eigenvalue weighted by molar-refractivity contribution is 0.425. The number of nitrogens with one attached hydrogen (secondary N) is 1. The highest BCUT2D eigenvalue weighted by Gasteiger charge is 2.08. The van der Waals surface area contributed by atoms with Gasteiger partial charge in [0.1, 0.15) is 17.9 Å². The van der Waals surface area contributed by atoms with Gasteiger partial charge in [0.15, 0.2) is 0 Å². The summed E-state index contributed by atoms with van der Waals surface area (Å²) in [7, 11) is 1.93. The van der Waals surface area contributed by atoms with E-state index in [9.17, 15) is 0 Å². The normalized spacial score (nSPS) is 12.9. The van der Waals surface area contributed by atoms with E-state index in [2.05, 4.69) is 22.4 Å². The van der Waals surface area contributed by atoms with Crippen LogP contribution in [0.4, 0.5) is 0 Å². The summed E-state index contributed by atoms with van der Waals surface area (Å²) in [6, 6.07) is 4.01. The molecule has 0 aliphatic heterocycles. The lowest BCUT2D eigenvalue weighted by Gasteiger charge is -2.10. The van der Waals surface area contributed by atoms with Crippen LogP contribution in [0.2, 0.25) is 0 Å². The van der Waals surface area contributed by atoms with Gasteiger partial charge in [-0.25, -0.2) is 0 Å². The Bertz CT molecular complexity index is 407. The summed E-state index contributed by atoms with van der Waals surface area (Å²) in [6.45, 7) is 2.73. The Kier molecular flexibility index (Phi) is 2.82. The molecule has 0 amide bonds. The maximum atomic E-state index is 5.29. The van der Waals surface area contributed by atoms with Gasteiger partial charge in [0, 0.05) is 7.05 Å². The molecule has 0 saturated heterocycles. The van der Waals surface area contributed by atoms with E-state index in [1.54, 1.807) is 12.6 Å². The van der Waals surface area contributed by atoms with Gasteiger partial charge in [-0.2, -0.15) is 0 Å². The van der Waals surface area contributed by atoms with E-state index in [0.29, 0.717) is 6.54 Å². The van der Waals surface area contributed by atoms with Gasteiger partial charge < -0.3 is 14.3 Å². The molecule has 15 heavy (non-hydrogen) atoms. The third-order valence-corrected chi connectivity index (χ3v) is 2.34. The van der Waals surface area contributed by atoms with E-state index in [1.807, 2.05) is 23.7 Å². The number of hydrogen-bond acceptors (Lipinski definition) is 4. The lowest BCUT2D eigenvalue weighted by atomic mass is 10.2. The molecular formula is C10H14N4O. The van der Waals surface area contributed by atoms with Crippen molar-refractivity contribution in [2.45, 2.75) is 19.5 Å². The van der Waals surface area contributed by atoms with Crippen LogP contribution in [0.1, 0.15) is 24.6 Å². The van der Waals surface area contributed by atoms with Gasteiger partial charge in [0.2, 0.25) is 0 Å². The smallest absolute Gasteiger partial charge is 0.146 e. The molecule has 0 spiro atoms. The van der Waals surface area contributed by atoms with Crippen LogP contribution in [0.15, 0.2) is 29.1 Å². The molecule has 0 unspecified atom stereocenters. The number of rotatable bonds is 4. The van der Waals surface area contributed by atoms with Crippen molar-refractivity contribution in [2.24, 2.45) is 7.05 Å². The van der Waals surface area contributed by atoms with Crippen LogP contribution >= 0.6 is 0 Å². The minimum atomic E-state index is 0.178. The van der Waals surface area contributed by atoms with Crippen LogP contribution in [0.3, 0.4) is 0 Å². The second-order valence-corrected chi connectivity index (χ2v) is 3.48. The van der Waals surface area contributed by atoms with Crippen molar-refractivity contribution in [3.63, 3.8) is 0 Å². The molecule has 0 aromatic carbocycles. The number of nitrogens with zero attached hydrogens (tertiary/aromatic N) is 3. The number of aromatic nitrogens is 3. The van der Waals surface area contributed by atoms with Gasteiger partial charge in [-0.15, -0.1) is 10.2 Å². The summed E-state index contributed by atoms with van der Waals surface area (Å²) >= 11 is 0. The van der Waals surface area contributed by atoms with Crippen LogP contribution in [0, 0.1) is 0 Å². The molecule has 0 saturated carbocycles. The summed E-state index contributed by atoms with van der Waals surface area (Å²) < 4.78 is 7.18. The first-order chi connectivity index (χ1) is 7.27. The summed E-state index contributed by atoms with van der Waals surface area (Å²) in [6.07, 6.45) is 3.37. The molecule has 1 atom stereocenters. The van der Waals surface area contributed by atoms with Gasteiger partial charge in [0.25, 0.3) is 0 Å². The third-order valence-electron chi connectivity index (χ3n) is 2.34. The predicted molar refractivity (Wildman–Crippen MR) is 55.0 cm³/mol. The molecular weight excluding hydrogens is 192 g/mol. The molecule has 2 heterocycles. The number of aryl methyl sites for hydroxylation is 1. The Labute approximate surface area is 88.1 Å². The highest BCUT2D eigenvalue weighted by molar-refractivity contribution is 5.03. The summed E-state index contributed by atoms with van der Waals surface area (Å²) in [4.78, 5) is 0. The molecule has 5 heteroatoms. The molecule has 2 aromatic rings. The summed E-state index contributed by atoms with van der Waals surface area (Å²) in [5.74, 6) is 1.84. The van der Waals surface area contributed by atoms with Crippen LogP contribution in [0.5, 0.6) is 0 Å². The van der Waals surface area contributed by atoms with Crippen molar-refractivity contribution < 1.29 is 4.42 Å². The Morgan fingerprint density at radius 3 is 3.07 bits per heavy atom. The van der Waals surface area contributed by atoms with E-state index in [-0.39, 0.29) is 6.04 Å². The summed E-state index contributed by atoms with van der Waals surface area (Å²) in [5, 5.41) is 11.1. The van der Waals surface area contributed by atoms with Crippen molar-refractivity contribution in [3.05, 3.63) is 36.3 Å². The fourth-order valence-corrected chi connectivity index (χ4v) is 1.35. The van der Waals surface area contributed by atoms with Crippen LogP contribution < -0.4 is 5.32 Å². The second-order valence-electron chi connectivity index (χ2n) is 3.48. The van der Waals surface area contributed by atoms with E-state index >= 15 is 0 Å². The molecule has 0 radical (unpaired) electrons. The van der Waals surface area contributed by atoms with E-state index in [1.165, 1.54) is 0 Å². The Balaban J connectivity index is 1.91. The van der Waals surface area contributed by atoms with Crippen molar-refractivity contribution in [1.82, 2.24) is 20.1 Å². The molecule has 1 N–H and O–H groups in total. The Morgan fingerprint density at radius 1 is 1.60 bits per heavy atom. The van der Waals surface area contributed by atoms with Gasteiger partial charge in [-0.3, -0.25) is 0 Å². The van der Waals surface area contributed by atoms with E-state index in [4.69, 9.17) is 4.42 Å². The SMILES string of the molecule is C[C@@H](NCc1nncn1C)c1ccco1. The van der Waals surface area contributed by atoms with Crippen LogP contribution in [-0.4, -0.2) is 14.8 Å². The fraction of sp³-hybridized carbons (Fsp3) is 0.400. The lowest BCUT2D eigenvalue weighted by Crippen LogP contribution is -2.19. The largest absolute Gasteiger partial charge is 0.468 e. The van der Waals surface area contributed by atoms with Crippen molar-refractivity contribution in [3.8, 4) is 0 Å². The average molecular weight is 206 g/mol. The molecule has 2 aromatic heterocycles. The minimum absolute atomic E-state index is 0.178. The average Bonchev–Trinajstić information content (AvgIpc) is 2.85. The first kappa shape index (κ1) is 9.92. The molecule has 5 nitrogen and oxygen atoms in total. The Morgan fingerprint density at radius 2 is 2.47 bits per heavy atom. The predicted octanol–water partition coefficient (Wildman–Crippen LogP) is 1.26. The molecule has 0 bridgehead atoms. The zero-order valence-electron chi connectivity index (χ0n) is 8.84. The molecule has 0 fully saturated rings. The first-order valence-corrected chi connectivity index (χ1v) is 4.87. The molecule has 80 valence electrons. The van der Waals surface area contributed by atoms with Crippen molar-refractivity contribution in [1.29, 1.82) is 0 Å². The van der Waals surface area contributed by atoms with Crippen LogP contribution in [-0.2, 0) is 13.6 Å². The number of hydrogen-bond donors (Lipinski definition) is 1. The molecule has 0 aliphatic rings. The Hall–Kier alpha value is -1.62. The molecule has 2 rings (SSSR count). The first-order valence-electron chi connectivity index (χ1n) is 4.87. The standard InChI is InChI=1S/C10H14N4O/c1-8(9-4-3-5-15-9)11-6-10-13-12-7-14(10)2/h3-5,7-8,11H,6H2,1-2H3/t8-/m1/s1. The fourth-order valence-electron chi connectivity index (χ4n) is 1.35. The summed E-state index contributed by atoms with van der Waals surface area (Å²) in [5.41, 5.74) is 0. The highest BCUT2D eigenvalue weighted by atomic mass is 16.3. The van der Waals surface area contributed by atoms with Crippen molar-refractivity contribution >= 4 is 0 Å². The molecule has 0 aliphatic carbocycles. The zero-order valence-corrected chi connectivity index (χ0v) is 8.84. The quantitative estimate of drug-likeness (QED) is 0.818. The van der Waals surface area contributed by atoms with Crippen molar-refractivity contribution in [2.75, 3.05) is 0 Å². The third kappa shape index (κ3) is 2.24. The number of furan rings is 1. The van der Waals surface area contributed by atoms with Crippen LogP contribution in [0.25, 0.3) is 0 Å². The van der Waals surface area contributed by atoms with Gasteiger partial charge in [0.05, 0.1) is 18.8 Å². The van der Waals surface area contributed by atoms with Gasteiger partial charge in [-0.05, 0) is 19.1 Å². The van der Waals surface area contributed by atoms with Gasteiger partial charge >= 0.3 is 0 Å². The minimum Gasteiger partial charge on any atom is -0.468 e. The monoisotopic (exact) mass is 206 g/mol.